The molecule has 0 bridgehead atoms. The molecule has 0 spiro atoms. The van der Waals surface area contributed by atoms with Crippen molar-refractivity contribution in [3.05, 3.63) is 108 Å². The highest BCUT2D eigenvalue weighted by atomic mass is 16.6. The lowest BCUT2D eigenvalue weighted by molar-refractivity contribution is -0.149. The Morgan fingerprint density at radius 2 is 1.41 bits per heavy atom. The quantitative estimate of drug-likeness (QED) is 0.440. The number of cyclic esters (lactones) is 1. The molecule has 3 aromatic carbocycles. The van der Waals surface area contributed by atoms with Crippen LogP contribution in [0.15, 0.2) is 91.0 Å². The zero-order chi connectivity index (χ0) is 23.8. The number of nitrogens with zero attached hydrogens (tertiary/aromatic N) is 1. The first-order chi connectivity index (χ1) is 16.6. The molecule has 1 aliphatic heterocycles. The van der Waals surface area contributed by atoms with E-state index in [1.54, 1.807) is 0 Å². The molecule has 1 saturated heterocycles. The number of rotatable bonds is 9. The Bertz CT molecular complexity index is 1100. The van der Waals surface area contributed by atoms with Crippen molar-refractivity contribution in [2.75, 3.05) is 6.61 Å². The Balaban J connectivity index is 1.49. The molecule has 2 atom stereocenters. The lowest BCUT2D eigenvalue weighted by atomic mass is 9.94. The molecule has 2 amide bonds. The monoisotopic (exact) mass is 457 g/mol. The van der Waals surface area contributed by atoms with E-state index in [9.17, 15) is 14.4 Å². The smallest absolute Gasteiger partial charge is 0.416 e. The van der Waals surface area contributed by atoms with Crippen LogP contribution in [0.4, 0.5) is 4.79 Å². The van der Waals surface area contributed by atoms with Gasteiger partial charge >= 0.3 is 12.1 Å². The zero-order valence-corrected chi connectivity index (χ0v) is 18.8. The van der Waals surface area contributed by atoms with Gasteiger partial charge in [-0.3, -0.25) is 9.59 Å². The van der Waals surface area contributed by atoms with Crippen molar-refractivity contribution in [2.45, 2.75) is 31.9 Å². The van der Waals surface area contributed by atoms with Crippen molar-refractivity contribution in [2.24, 2.45) is 5.92 Å². The van der Waals surface area contributed by atoms with Gasteiger partial charge in [0.1, 0.15) is 13.2 Å². The van der Waals surface area contributed by atoms with Gasteiger partial charge in [-0.15, -0.1) is 0 Å². The molecule has 0 saturated carbocycles. The van der Waals surface area contributed by atoms with Gasteiger partial charge in [-0.2, -0.15) is 0 Å². The van der Waals surface area contributed by atoms with Crippen LogP contribution < -0.4 is 0 Å². The third-order valence-electron chi connectivity index (χ3n) is 5.84. The number of ether oxygens (including phenoxy) is 2. The van der Waals surface area contributed by atoms with Gasteiger partial charge in [-0.1, -0.05) is 91.0 Å². The van der Waals surface area contributed by atoms with Crippen LogP contribution in [0.3, 0.4) is 0 Å². The van der Waals surface area contributed by atoms with Gasteiger partial charge in [0.05, 0.1) is 18.4 Å². The van der Waals surface area contributed by atoms with Crippen molar-refractivity contribution in [1.29, 1.82) is 0 Å². The molecule has 0 aromatic heterocycles. The first-order valence-corrected chi connectivity index (χ1v) is 11.4. The van der Waals surface area contributed by atoms with Gasteiger partial charge in [-0.05, 0) is 29.5 Å². The minimum absolute atomic E-state index is 0.123. The van der Waals surface area contributed by atoms with Crippen LogP contribution in [0.5, 0.6) is 0 Å². The van der Waals surface area contributed by atoms with E-state index in [0.717, 1.165) is 16.7 Å². The molecule has 1 unspecified atom stereocenters. The largest absolute Gasteiger partial charge is 0.461 e. The lowest BCUT2D eigenvalue weighted by Crippen LogP contribution is -2.44. The molecule has 34 heavy (non-hydrogen) atoms. The van der Waals surface area contributed by atoms with Crippen LogP contribution in [-0.2, 0) is 38.5 Å². The van der Waals surface area contributed by atoms with Crippen molar-refractivity contribution in [1.82, 2.24) is 4.90 Å². The summed E-state index contributed by atoms with van der Waals surface area (Å²) in [6.07, 6.45) is 0.0285. The summed E-state index contributed by atoms with van der Waals surface area (Å²) in [5.41, 5.74) is 2.78. The van der Waals surface area contributed by atoms with E-state index in [-0.39, 0.29) is 19.6 Å². The first kappa shape index (κ1) is 23.2. The average Bonchev–Trinajstić information content (AvgIpc) is 3.23. The second kappa shape index (κ2) is 11.3. The molecule has 1 heterocycles. The number of carbonyl (C=O) groups excluding carboxylic acids is 3. The number of hydrogen-bond acceptors (Lipinski definition) is 5. The van der Waals surface area contributed by atoms with Crippen LogP contribution >= 0.6 is 0 Å². The third kappa shape index (κ3) is 6.10. The molecule has 4 rings (SSSR count). The number of hydrogen-bond donors (Lipinski definition) is 0. The van der Waals surface area contributed by atoms with Gasteiger partial charge in [0, 0.05) is 0 Å². The number of carbonyl (C=O) groups is 3. The maximum atomic E-state index is 13.6. The van der Waals surface area contributed by atoms with E-state index in [1.165, 1.54) is 4.90 Å². The van der Waals surface area contributed by atoms with Crippen molar-refractivity contribution in [3.8, 4) is 0 Å². The van der Waals surface area contributed by atoms with Gasteiger partial charge < -0.3 is 9.47 Å². The fourth-order valence-electron chi connectivity index (χ4n) is 4.11. The summed E-state index contributed by atoms with van der Waals surface area (Å²) in [4.78, 5) is 40.0. The van der Waals surface area contributed by atoms with Crippen LogP contribution in [0, 0.1) is 5.92 Å². The fraction of sp³-hybridized carbons (Fsp3) is 0.250. The summed E-state index contributed by atoms with van der Waals surface area (Å²) in [7, 11) is 0. The Hall–Kier alpha value is -3.93. The Morgan fingerprint density at radius 1 is 0.853 bits per heavy atom. The Morgan fingerprint density at radius 3 is 2.03 bits per heavy atom. The molecule has 3 aromatic rings. The van der Waals surface area contributed by atoms with Gasteiger partial charge in [-0.25, -0.2) is 9.69 Å². The molecule has 6 heteroatoms. The highest BCUT2D eigenvalue weighted by Gasteiger charge is 2.41. The zero-order valence-electron chi connectivity index (χ0n) is 18.8. The predicted molar refractivity (Wildman–Crippen MR) is 127 cm³/mol. The predicted octanol–water partition coefficient (Wildman–Crippen LogP) is 4.57. The fourth-order valence-corrected chi connectivity index (χ4v) is 4.11. The number of amides is 2. The SMILES string of the molecule is O=C(CC(Cc1ccccc1)C(=O)N1C(=O)OC[C@@H]1Cc1ccccc1)OCc1ccccc1. The Kier molecular flexibility index (Phi) is 7.71. The maximum Gasteiger partial charge on any atom is 0.416 e. The van der Waals surface area contributed by atoms with E-state index in [0.29, 0.717) is 12.8 Å². The number of benzene rings is 3. The molecule has 1 aliphatic rings. The minimum Gasteiger partial charge on any atom is -0.461 e. The molecule has 0 N–H and O–H groups in total. The summed E-state index contributed by atoms with van der Waals surface area (Å²) in [6, 6.07) is 28.1. The summed E-state index contributed by atoms with van der Waals surface area (Å²) in [5, 5.41) is 0. The second-order valence-electron chi connectivity index (χ2n) is 8.37. The molecule has 6 nitrogen and oxygen atoms in total. The van der Waals surface area contributed by atoms with Crippen molar-refractivity contribution in [3.63, 3.8) is 0 Å². The molecule has 1 fully saturated rings. The summed E-state index contributed by atoms with van der Waals surface area (Å²) < 4.78 is 10.7. The minimum atomic E-state index is -0.741. The summed E-state index contributed by atoms with van der Waals surface area (Å²) in [6.45, 7) is 0.268. The molecule has 174 valence electrons. The van der Waals surface area contributed by atoms with E-state index in [1.807, 2.05) is 91.0 Å². The van der Waals surface area contributed by atoms with Crippen molar-refractivity contribution < 1.29 is 23.9 Å². The average molecular weight is 458 g/mol. The van der Waals surface area contributed by atoms with Crippen molar-refractivity contribution >= 4 is 18.0 Å². The Labute approximate surface area is 199 Å². The van der Waals surface area contributed by atoms with E-state index >= 15 is 0 Å². The van der Waals surface area contributed by atoms with Crippen LogP contribution in [0.1, 0.15) is 23.1 Å². The molecular weight excluding hydrogens is 430 g/mol. The molecule has 0 aliphatic carbocycles. The normalized spacial score (nSPS) is 16.1. The topological polar surface area (TPSA) is 72.9 Å². The number of imide groups is 1. The molecular formula is C28H27NO5. The van der Waals surface area contributed by atoms with Gasteiger partial charge in [0.15, 0.2) is 0 Å². The summed E-state index contributed by atoms with van der Waals surface area (Å²) in [5.74, 6) is -1.64. The van der Waals surface area contributed by atoms with Crippen LogP contribution in [-0.4, -0.2) is 35.5 Å². The van der Waals surface area contributed by atoms with E-state index in [2.05, 4.69) is 0 Å². The number of esters is 1. The van der Waals surface area contributed by atoms with Gasteiger partial charge in [0.2, 0.25) is 5.91 Å². The van der Waals surface area contributed by atoms with Crippen LogP contribution in [0.25, 0.3) is 0 Å². The van der Waals surface area contributed by atoms with Crippen LogP contribution in [0.2, 0.25) is 0 Å². The third-order valence-corrected chi connectivity index (χ3v) is 5.84. The van der Waals surface area contributed by atoms with E-state index in [4.69, 9.17) is 9.47 Å². The lowest BCUT2D eigenvalue weighted by Gasteiger charge is -2.25. The molecule has 0 radical (unpaired) electrons. The van der Waals surface area contributed by atoms with Gasteiger partial charge in [0.25, 0.3) is 0 Å². The highest BCUT2D eigenvalue weighted by molar-refractivity contribution is 5.96. The first-order valence-electron chi connectivity index (χ1n) is 11.4. The summed E-state index contributed by atoms with van der Waals surface area (Å²) >= 11 is 0. The highest BCUT2D eigenvalue weighted by Crippen LogP contribution is 2.24. The maximum absolute atomic E-state index is 13.6. The second-order valence-corrected chi connectivity index (χ2v) is 8.37. The van der Waals surface area contributed by atoms with E-state index < -0.39 is 29.9 Å². The standard InChI is InChI=1S/C28H27NO5/c30-26(33-19-23-14-8-3-9-15-23)18-24(16-21-10-4-1-5-11-21)27(31)29-25(20-34-28(29)32)17-22-12-6-2-7-13-22/h1-15,24-25H,16-20H2/t24?,25-/m0/s1.